The molecule has 0 bridgehead atoms. The van der Waals surface area contributed by atoms with Crippen molar-refractivity contribution in [3.63, 3.8) is 0 Å². The van der Waals surface area contributed by atoms with E-state index < -0.39 is 6.10 Å². The first-order valence-corrected chi connectivity index (χ1v) is 7.20. The number of aliphatic hydroxyl groups is 1. The lowest BCUT2D eigenvalue weighted by atomic mass is 9.85. The van der Waals surface area contributed by atoms with E-state index in [1.165, 1.54) is 30.6 Å². The Kier molecular flexibility index (Phi) is 4.57. The van der Waals surface area contributed by atoms with Crippen LogP contribution in [0.25, 0.3) is 0 Å². The number of carbonyl (C=O) groups is 1. The minimum absolute atomic E-state index is 0.0823. The van der Waals surface area contributed by atoms with Gasteiger partial charge in [0.25, 0.3) is 5.91 Å². The van der Waals surface area contributed by atoms with Crippen LogP contribution in [0.5, 0.6) is 0 Å². The van der Waals surface area contributed by atoms with Crippen LogP contribution in [0.1, 0.15) is 42.5 Å². The normalized spacial score (nSPS) is 18.9. The molecule has 4 heteroatoms. The minimum Gasteiger partial charge on any atom is -0.391 e. The molecule has 1 saturated carbocycles. The maximum Gasteiger partial charge on any atom is 0.252 e. The number of rotatable bonds is 4. The Labute approximate surface area is 106 Å². The van der Waals surface area contributed by atoms with Gasteiger partial charge in [0.1, 0.15) is 0 Å². The van der Waals surface area contributed by atoms with E-state index in [1.807, 2.05) is 10.8 Å². The van der Waals surface area contributed by atoms with Crippen molar-refractivity contribution in [3.8, 4) is 0 Å². The van der Waals surface area contributed by atoms with Crippen molar-refractivity contribution in [2.24, 2.45) is 5.92 Å². The summed E-state index contributed by atoms with van der Waals surface area (Å²) < 4.78 is 0. The fourth-order valence-electron chi connectivity index (χ4n) is 2.38. The smallest absolute Gasteiger partial charge is 0.252 e. The van der Waals surface area contributed by atoms with Crippen LogP contribution >= 0.6 is 11.3 Å². The highest BCUT2D eigenvalue weighted by molar-refractivity contribution is 7.08. The van der Waals surface area contributed by atoms with Crippen molar-refractivity contribution in [3.05, 3.63) is 22.4 Å². The molecule has 1 aromatic rings. The van der Waals surface area contributed by atoms with Gasteiger partial charge in [-0.3, -0.25) is 4.79 Å². The lowest BCUT2D eigenvalue weighted by Crippen LogP contribution is -2.36. The van der Waals surface area contributed by atoms with Gasteiger partial charge in [0.2, 0.25) is 0 Å². The van der Waals surface area contributed by atoms with Gasteiger partial charge in [-0.1, -0.05) is 19.3 Å². The van der Waals surface area contributed by atoms with Crippen LogP contribution in [0.15, 0.2) is 16.8 Å². The molecule has 0 saturated heterocycles. The van der Waals surface area contributed by atoms with Crippen LogP contribution in [-0.2, 0) is 0 Å². The molecule has 1 heterocycles. The fourth-order valence-corrected chi connectivity index (χ4v) is 3.01. The van der Waals surface area contributed by atoms with Gasteiger partial charge in [-0.05, 0) is 30.2 Å². The molecule has 0 spiro atoms. The highest BCUT2D eigenvalue weighted by Crippen LogP contribution is 2.26. The molecule has 0 aliphatic heterocycles. The predicted octanol–water partition coefficient (Wildman–Crippen LogP) is 2.42. The Morgan fingerprint density at radius 2 is 2.24 bits per heavy atom. The van der Waals surface area contributed by atoms with E-state index in [2.05, 4.69) is 5.32 Å². The van der Waals surface area contributed by atoms with Crippen LogP contribution in [0.3, 0.4) is 0 Å². The van der Waals surface area contributed by atoms with Crippen molar-refractivity contribution in [1.29, 1.82) is 0 Å². The quantitative estimate of drug-likeness (QED) is 0.865. The Balaban J connectivity index is 1.75. The second-order valence-electron chi connectivity index (χ2n) is 4.69. The Morgan fingerprint density at radius 1 is 1.47 bits per heavy atom. The van der Waals surface area contributed by atoms with Crippen molar-refractivity contribution in [2.45, 2.75) is 38.2 Å². The summed E-state index contributed by atoms with van der Waals surface area (Å²) in [4.78, 5) is 11.7. The first kappa shape index (κ1) is 12.6. The van der Waals surface area contributed by atoms with Crippen LogP contribution in [-0.4, -0.2) is 23.7 Å². The summed E-state index contributed by atoms with van der Waals surface area (Å²) >= 11 is 1.51. The second kappa shape index (κ2) is 6.17. The van der Waals surface area contributed by atoms with Gasteiger partial charge in [0.05, 0.1) is 6.10 Å². The summed E-state index contributed by atoms with van der Waals surface area (Å²) in [5.41, 5.74) is 0.686. The van der Waals surface area contributed by atoms with Crippen LogP contribution < -0.4 is 5.32 Å². The SMILES string of the molecule is O=C(NC[C@@H](O)C1CCCCC1)c1ccsc1. The van der Waals surface area contributed by atoms with Gasteiger partial charge in [-0.2, -0.15) is 11.3 Å². The minimum atomic E-state index is -0.391. The Hall–Kier alpha value is -0.870. The number of hydrogen-bond acceptors (Lipinski definition) is 3. The highest BCUT2D eigenvalue weighted by Gasteiger charge is 2.22. The molecule has 1 aliphatic rings. The molecule has 2 rings (SSSR count). The average molecular weight is 253 g/mol. The summed E-state index contributed by atoms with van der Waals surface area (Å²) in [5, 5.41) is 16.5. The zero-order valence-electron chi connectivity index (χ0n) is 9.89. The summed E-state index contributed by atoms with van der Waals surface area (Å²) in [7, 11) is 0. The number of nitrogens with one attached hydrogen (secondary N) is 1. The third-order valence-corrected chi connectivity index (χ3v) is 4.13. The highest BCUT2D eigenvalue weighted by atomic mass is 32.1. The number of thiophene rings is 1. The summed E-state index contributed by atoms with van der Waals surface area (Å²) in [5.74, 6) is 0.285. The van der Waals surface area contributed by atoms with E-state index in [9.17, 15) is 9.90 Å². The number of aliphatic hydroxyl groups excluding tert-OH is 1. The van der Waals surface area contributed by atoms with Gasteiger partial charge in [0, 0.05) is 17.5 Å². The topological polar surface area (TPSA) is 49.3 Å². The monoisotopic (exact) mass is 253 g/mol. The fraction of sp³-hybridized carbons (Fsp3) is 0.615. The van der Waals surface area contributed by atoms with Crippen molar-refractivity contribution in [2.75, 3.05) is 6.54 Å². The predicted molar refractivity (Wildman–Crippen MR) is 69.2 cm³/mol. The molecule has 1 aliphatic carbocycles. The molecular weight excluding hydrogens is 234 g/mol. The van der Waals surface area contributed by atoms with Crippen molar-refractivity contribution in [1.82, 2.24) is 5.32 Å². The molecule has 1 fully saturated rings. The third kappa shape index (κ3) is 3.54. The van der Waals surface area contributed by atoms with Crippen molar-refractivity contribution >= 4 is 17.2 Å². The largest absolute Gasteiger partial charge is 0.391 e. The molecule has 1 atom stereocenters. The average Bonchev–Trinajstić information content (AvgIpc) is 2.90. The Morgan fingerprint density at radius 3 is 2.88 bits per heavy atom. The molecule has 94 valence electrons. The molecule has 1 amide bonds. The number of amides is 1. The second-order valence-corrected chi connectivity index (χ2v) is 5.47. The lowest BCUT2D eigenvalue weighted by molar-refractivity contribution is 0.0738. The van der Waals surface area contributed by atoms with E-state index >= 15 is 0 Å². The van der Waals surface area contributed by atoms with Gasteiger partial charge < -0.3 is 10.4 Å². The van der Waals surface area contributed by atoms with E-state index in [4.69, 9.17) is 0 Å². The molecule has 3 nitrogen and oxygen atoms in total. The summed E-state index contributed by atoms with van der Waals surface area (Å²) in [6.45, 7) is 0.374. The van der Waals surface area contributed by atoms with Crippen LogP contribution in [0.4, 0.5) is 0 Å². The molecule has 2 N–H and O–H groups in total. The van der Waals surface area contributed by atoms with E-state index in [1.54, 1.807) is 6.07 Å². The summed E-state index contributed by atoms with van der Waals surface area (Å²) in [6.07, 6.45) is 5.49. The molecule has 17 heavy (non-hydrogen) atoms. The standard InChI is InChI=1S/C13H19NO2S/c15-12(10-4-2-1-3-5-10)8-14-13(16)11-6-7-17-9-11/h6-7,9-10,12,15H,1-5,8H2,(H,14,16)/t12-/m1/s1. The first-order valence-electron chi connectivity index (χ1n) is 6.26. The van der Waals surface area contributed by atoms with E-state index in [-0.39, 0.29) is 5.91 Å². The maximum atomic E-state index is 11.7. The zero-order chi connectivity index (χ0) is 12.1. The van der Waals surface area contributed by atoms with Gasteiger partial charge in [0.15, 0.2) is 0 Å². The van der Waals surface area contributed by atoms with E-state index in [0.717, 1.165) is 12.8 Å². The molecule has 0 aromatic carbocycles. The van der Waals surface area contributed by atoms with Gasteiger partial charge in [-0.15, -0.1) is 0 Å². The lowest BCUT2D eigenvalue weighted by Gasteiger charge is -2.26. The maximum absolute atomic E-state index is 11.7. The molecule has 0 unspecified atom stereocenters. The zero-order valence-corrected chi connectivity index (χ0v) is 10.7. The number of carbonyl (C=O) groups excluding carboxylic acids is 1. The van der Waals surface area contributed by atoms with Crippen LogP contribution in [0, 0.1) is 5.92 Å². The van der Waals surface area contributed by atoms with Gasteiger partial charge in [-0.25, -0.2) is 0 Å². The molecular formula is C13H19NO2S. The Bertz CT molecular complexity index is 344. The molecule has 0 radical (unpaired) electrons. The van der Waals surface area contributed by atoms with Gasteiger partial charge >= 0.3 is 0 Å². The first-order chi connectivity index (χ1) is 8.27. The number of hydrogen-bond donors (Lipinski definition) is 2. The van der Waals surface area contributed by atoms with Crippen LogP contribution in [0.2, 0.25) is 0 Å². The molecule has 1 aromatic heterocycles. The van der Waals surface area contributed by atoms with Crippen molar-refractivity contribution < 1.29 is 9.90 Å². The third-order valence-electron chi connectivity index (χ3n) is 3.45. The summed E-state index contributed by atoms with van der Waals surface area (Å²) in [6, 6.07) is 1.80. The van der Waals surface area contributed by atoms with E-state index in [0.29, 0.717) is 18.0 Å².